The van der Waals surface area contributed by atoms with Crippen molar-refractivity contribution in [2.75, 3.05) is 26.2 Å². The number of ether oxygens (including phenoxy) is 1. The molecule has 0 radical (unpaired) electrons. The molecule has 2 amide bonds. The van der Waals surface area contributed by atoms with Crippen molar-refractivity contribution in [1.82, 2.24) is 10.2 Å². The van der Waals surface area contributed by atoms with Gasteiger partial charge in [0.05, 0.1) is 5.41 Å². The number of nitrogens with one attached hydrogen (secondary N) is 1. The first-order valence-corrected chi connectivity index (χ1v) is 8.33. The maximum Gasteiger partial charge on any atom is 0.260 e. The predicted molar refractivity (Wildman–Crippen MR) is 87.6 cm³/mol. The van der Waals surface area contributed by atoms with Gasteiger partial charge in [0.15, 0.2) is 6.61 Å². The molecule has 2 heterocycles. The Morgan fingerprint density at radius 1 is 1.43 bits per heavy atom. The highest BCUT2D eigenvalue weighted by Crippen LogP contribution is 2.37. The SMILES string of the molecule is Cc1cc(Cl)ccc1OCC(=O)N1CC[C@@]2(CCCNC2=O)C1. The Bertz CT molecular complexity index is 634. The quantitative estimate of drug-likeness (QED) is 0.920. The zero-order valence-corrected chi connectivity index (χ0v) is 14.0. The summed E-state index contributed by atoms with van der Waals surface area (Å²) in [6.45, 7) is 3.74. The van der Waals surface area contributed by atoms with Gasteiger partial charge in [0.25, 0.3) is 5.91 Å². The average molecular weight is 337 g/mol. The molecule has 0 saturated carbocycles. The second-order valence-electron chi connectivity index (χ2n) is 6.40. The molecule has 0 unspecified atom stereocenters. The molecule has 2 aliphatic rings. The van der Waals surface area contributed by atoms with Crippen LogP contribution in [0, 0.1) is 12.3 Å². The highest BCUT2D eigenvalue weighted by atomic mass is 35.5. The first kappa shape index (κ1) is 16.1. The minimum Gasteiger partial charge on any atom is -0.483 e. The lowest BCUT2D eigenvalue weighted by atomic mass is 9.79. The molecule has 1 atom stereocenters. The summed E-state index contributed by atoms with van der Waals surface area (Å²) in [4.78, 5) is 26.3. The van der Waals surface area contributed by atoms with Crippen LogP contribution in [-0.4, -0.2) is 43.0 Å². The first-order chi connectivity index (χ1) is 11.0. The van der Waals surface area contributed by atoms with Gasteiger partial charge in [0.2, 0.25) is 5.91 Å². The fourth-order valence-electron chi connectivity index (χ4n) is 3.41. The lowest BCUT2D eigenvalue weighted by Crippen LogP contribution is -2.48. The van der Waals surface area contributed by atoms with Crippen LogP contribution in [0.3, 0.4) is 0 Å². The molecule has 2 saturated heterocycles. The van der Waals surface area contributed by atoms with Crippen molar-refractivity contribution in [3.05, 3.63) is 28.8 Å². The number of hydrogen-bond donors (Lipinski definition) is 1. The largest absolute Gasteiger partial charge is 0.483 e. The minimum atomic E-state index is -0.385. The van der Waals surface area contributed by atoms with Crippen LogP contribution in [0.15, 0.2) is 18.2 Å². The van der Waals surface area contributed by atoms with E-state index in [1.54, 1.807) is 23.1 Å². The molecule has 1 N–H and O–H groups in total. The Balaban J connectivity index is 1.58. The molecule has 2 aliphatic heterocycles. The summed E-state index contributed by atoms with van der Waals surface area (Å²) in [5, 5.41) is 3.57. The molecule has 1 aromatic carbocycles. The van der Waals surface area contributed by atoms with Crippen LogP contribution in [0.4, 0.5) is 0 Å². The van der Waals surface area contributed by atoms with Crippen LogP contribution < -0.4 is 10.1 Å². The van der Waals surface area contributed by atoms with E-state index in [9.17, 15) is 9.59 Å². The molecule has 0 aliphatic carbocycles. The van der Waals surface area contributed by atoms with E-state index in [4.69, 9.17) is 16.3 Å². The number of likely N-dealkylation sites (tertiary alicyclic amines) is 1. The zero-order chi connectivity index (χ0) is 16.4. The van der Waals surface area contributed by atoms with Gasteiger partial charge >= 0.3 is 0 Å². The number of amides is 2. The Hall–Kier alpha value is -1.75. The van der Waals surface area contributed by atoms with E-state index in [0.29, 0.717) is 23.9 Å². The zero-order valence-electron chi connectivity index (χ0n) is 13.2. The summed E-state index contributed by atoms with van der Waals surface area (Å²) in [5.41, 5.74) is 0.513. The Morgan fingerprint density at radius 2 is 2.26 bits per heavy atom. The van der Waals surface area contributed by atoms with E-state index >= 15 is 0 Å². The predicted octanol–water partition coefficient (Wildman–Crippen LogP) is 2.16. The van der Waals surface area contributed by atoms with Gasteiger partial charge in [-0.1, -0.05) is 11.6 Å². The third-order valence-corrected chi connectivity index (χ3v) is 5.03. The molecule has 1 aromatic rings. The maximum atomic E-state index is 12.4. The number of halogens is 1. The van der Waals surface area contributed by atoms with Crippen molar-refractivity contribution in [2.24, 2.45) is 5.41 Å². The second-order valence-corrected chi connectivity index (χ2v) is 6.84. The number of carbonyl (C=O) groups excluding carboxylic acids is 2. The molecule has 3 rings (SSSR count). The smallest absolute Gasteiger partial charge is 0.260 e. The Morgan fingerprint density at radius 3 is 3.00 bits per heavy atom. The van der Waals surface area contributed by atoms with Crippen molar-refractivity contribution in [3.8, 4) is 5.75 Å². The van der Waals surface area contributed by atoms with Crippen molar-refractivity contribution in [3.63, 3.8) is 0 Å². The highest BCUT2D eigenvalue weighted by Gasteiger charge is 2.46. The van der Waals surface area contributed by atoms with Crippen LogP contribution in [0.5, 0.6) is 5.75 Å². The molecular weight excluding hydrogens is 316 g/mol. The molecule has 5 nitrogen and oxygen atoms in total. The molecule has 0 bridgehead atoms. The van der Waals surface area contributed by atoms with Gasteiger partial charge in [0, 0.05) is 24.7 Å². The number of aryl methyl sites for hydroxylation is 1. The topological polar surface area (TPSA) is 58.6 Å². The fraction of sp³-hybridized carbons (Fsp3) is 0.529. The molecule has 1 spiro atoms. The van der Waals surface area contributed by atoms with E-state index in [-0.39, 0.29) is 23.8 Å². The number of nitrogens with zero attached hydrogens (tertiary/aromatic N) is 1. The Kier molecular flexibility index (Phi) is 4.48. The summed E-state index contributed by atoms with van der Waals surface area (Å²) in [7, 11) is 0. The minimum absolute atomic E-state index is 0.0137. The molecule has 124 valence electrons. The first-order valence-electron chi connectivity index (χ1n) is 7.95. The van der Waals surface area contributed by atoms with Gasteiger partial charge in [-0.2, -0.15) is 0 Å². The van der Waals surface area contributed by atoms with E-state index in [0.717, 1.165) is 31.4 Å². The van der Waals surface area contributed by atoms with Gasteiger partial charge in [-0.15, -0.1) is 0 Å². The summed E-state index contributed by atoms with van der Waals surface area (Å²) in [5.74, 6) is 0.676. The number of hydrogen-bond acceptors (Lipinski definition) is 3. The third-order valence-electron chi connectivity index (χ3n) is 4.79. The van der Waals surface area contributed by atoms with E-state index in [1.165, 1.54) is 0 Å². The molecule has 2 fully saturated rings. The highest BCUT2D eigenvalue weighted by molar-refractivity contribution is 6.30. The Labute approximate surface area is 140 Å². The van der Waals surface area contributed by atoms with Crippen molar-refractivity contribution in [1.29, 1.82) is 0 Å². The second kappa shape index (κ2) is 6.40. The van der Waals surface area contributed by atoms with Crippen LogP contribution in [-0.2, 0) is 9.59 Å². The van der Waals surface area contributed by atoms with Gasteiger partial charge < -0.3 is 15.0 Å². The summed E-state index contributed by atoms with van der Waals surface area (Å²) >= 11 is 5.91. The molecule has 0 aromatic heterocycles. The summed E-state index contributed by atoms with van der Waals surface area (Å²) in [6.07, 6.45) is 2.58. The van der Waals surface area contributed by atoms with Crippen molar-refractivity contribution in [2.45, 2.75) is 26.2 Å². The molecule has 23 heavy (non-hydrogen) atoms. The number of rotatable bonds is 3. The third kappa shape index (κ3) is 3.29. The van der Waals surface area contributed by atoms with Gasteiger partial charge in [-0.05, 0) is 49.9 Å². The standard InChI is InChI=1S/C17H21ClN2O3/c1-12-9-13(18)3-4-14(12)23-10-15(21)20-8-6-17(11-20)5-2-7-19-16(17)22/h3-4,9H,2,5-8,10-11H2,1H3,(H,19,22)/t17-/m0/s1. The lowest BCUT2D eigenvalue weighted by molar-refractivity contribution is -0.135. The van der Waals surface area contributed by atoms with Gasteiger partial charge in [0.1, 0.15) is 5.75 Å². The average Bonchev–Trinajstić information content (AvgIpc) is 2.95. The van der Waals surface area contributed by atoms with Crippen molar-refractivity contribution < 1.29 is 14.3 Å². The maximum absolute atomic E-state index is 12.4. The molecule has 6 heteroatoms. The number of piperidine rings is 1. The lowest BCUT2D eigenvalue weighted by Gasteiger charge is -2.32. The van der Waals surface area contributed by atoms with E-state index < -0.39 is 0 Å². The number of carbonyl (C=O) groups is 2. The van der Waals surface area contributed by atoms with Crippen LogP contribution >= 0.6 is 11.6 Å². The van der Waals surface area contributed by atoms with Gasteiger partial charge in [-0.25, -0.2) is 0 Å². The van der Waals surface area contributed by atoms with Crippen LogP contribution in [0.2, 0.25) is 5.02 Å². The van der Waals surface area contributed by atoms with E-state index in [1.807, 2.05) is 6.92 Å². The van der Waals surface area contributed by atoms with E-state index in [2.05, 4.69) is 5.32 Å². The normalized spacial score (nSPS) is 23.9. The van der Waals surface area contributed by atoms with Crippen molar-refractivity contribution >= 4 is 23.4 Å². The fourth-order valence-corrected chi connectivity index (χ4v) is 3.64. The van der Waals surface area contributed by atoms with Crippen LogP contribution in [0.25, 0.3) is 0 Å². The summed E-state index contributed by atoms with van der Waals surface area (Å²) in [6, 6.07) is 5.31. The summed E-state index contributed by atoms with van der Waals surface area (Å²) < 4.78 is 5.62. The van der Waals surface area contributed by atoms with Gasteiger partial charge in [-0.3, -0.25) is 9.59 Å². The van der Waals surface area contributed by atoms with Crippen LogP contribution in [0.1, 0.15) is 24.8 Å². The number of benzene rings is 1. The molecular formula is C17H21ClN2O3. The monoisotopic (exact) mass is 336 g/mol.